The van der Waals surface area contributed by atoms with Crippen LogP contribution in [0.4, 0.5) is 5.82 Å². The molecule has 1 aliphatic heterocycles. The topological polar surface area (TPSA) is 89.3 Å². The molecule has 5 rings (SSSR count). The van der Waals surface area contributed by atoms with Crippen LogP contribution in [0.25, 0.3) is 17.1 Å². The number of rotatable bonds is 7. The Hall–Kier alpha value is -3.92. The van der Waals surface area contributed by atoms with Crippen molar-refractivity contribution in [3.63, 3.8) is 0 Å². The number of para-hydroxylation sites is 1. The van der Waals surface area contributed by atoms with Gasteiger partial charge in [-0.2, -0.15) is 0 Å². The van der Waals surface area contributed by atoms with Crippen LogP contribution in [0.3, 0.4) is 0 Å². The first-order valence-electron chi connectivity index (χ1n) is 11.3. The Kier molecular flexibility index (Phi) is 6.89. The van der Waals surface area contributed by atoms with Gasteiger partial charge >= 0.3 is 0 Å². The number of thioether (sulfide) groups is 1. The molecule has 0 atom stereocenters. The zero-order valence-corrected chi connectivity index (χ0v) is 20.1. The van der Waals surface area contributed by atoms with Crippen LogP contribution in [0.15, 0.2) is 78.3 Å². The minimum atomic E-state index is 0.0856. The van der Waals surface area contributed by atoms with Gasteiger partial charge in [-0.15, -0.1) is 10.2 Å². The van der Waals surface area contributed by atoms with Crippen LogP contribution in [-0.4, -0.2) is 74.6 Å². The van der Waals surface area contributed by atoms with E-state index in [1.54, 1.807) is 25.7 Å². The van der Waals surface area contributed by atoms with E-state index >= 15 is 0 Å². The van der Waals surface area contributed by atoms with E-state index in [2.05, 4.69) is 25.1 Å². The van der Waals surface area contributed by atoms with Crippen molar-refractivity contribution in [2.45, 2.75) is 5.16 Å². The van der Waals surface area contributed by atoms with Gasteiger partial charge in [-0.1, -0.05) is 30.0 Å². The summed E-state index contributed by atoms with van der Waals surface area (Å²) in [6.07, 6.45) is 5.10. The molecule has 1 amide bonds. The Labute approximate surface area is 207 Å². The molecule has 35 heavy (non-hydrogen) atoms. The van der Waals surface area contributed by atoms with E-state index in [9.17, 15) is 4.79 Å². The van der Waals surface area contributed by atoms with Gasteiger partial charge in [0.05, 0.1) is 19.1 Å². The monoisotopic (exact) mass is 487 g/mol. The standard InChI is InChI=1S/C25H25N7O2S/c1-34-21-9-7-19(8-10-21)24-28-29-25(32(24)20-5-3-2-4-6-20)35-18-23(33)31-15-13-30(14-16-31)22-17-26-11-12-27-22/h2-12,17H,13-16,18H2,1H3. The Bertz CT molecular complexity index is 1260. The van der Waals surface area contributed by atoms with E-state index in [4.69, 9.17) is 4.74 Å². The number of aromatic nitrogens is 5. The second-order valence-corrected chi connectivity index (χ2v) is 8.87. The van der Waals surface area contributed by atoms with Crippen molar-refractivity contribution in [2.24, 2.45) is 0 Å². The zero-order chi connectivity index (χ0) is 24.0. The molecule has 2 aromatic heterocycles. The quantitative estimate of drug-likeness (QED) is 0.367. The number of amides is 1. The molecule has 4 aromatic rings. The number of anilines is 1. The van der Waals surface area contributed by atoms with Gasteiger partial charge in [0.25, 0.3) is 0 Å². The van der Waals surface area contributed by atoms with Gasteiger partial charge in [0.2, 0.25) is 5.91 Å². The summed E-state index contributed by atoms with van der Waals surface area (Å²) < 4.78 is 7.27. The fourth-order valence-corrected chi connectivity index (χ4v) is 4.81. The molecule has 0 unspecified atom stereocenters. The first-order valence-corrected chi connectivity index (χ1v) is 12.3. The van der Waals surface area contributed by atoms with E-state index in [1.165, 1.54) is 11.8 Å². The maximum Gasteiger partial charge on any atom is 0.233 e. The lowest BCUT2D eigenvalue weighted by atomic mass is 10.2. The smallest absolute Gasteiger partial charge is 0.233 e. The number of hydrogen-bond acceptors (Lipinski definition) is 8. The molecular weight excluding hydrogens is 462 g/mol. The molecule has 0 aliphatic carbocycles. The number of carbonyl (C=O) groups is 1. The fraction of sp³-hybridized carbons (Fsp3) is 0.240. The van der Waals surface area contributed by atoms with Crippen LogP contribution in [0, 0.1) is 0 Å². The van der Waals surface area contributed by atoms with Crippen LogP contribution < -0.4 is 9.64 Å². The third-order valence-electron chi connectivity index (χ3n) is 5.83. The van der Waals surface area contributed by atoms with Gasteiger partial charge in [0.15, 0.2) is 11.0 Å². The Balaban J connectivity index is 1.29. The highest BCUT2D eigenvalue weighted by Crippen LogP contribution is 2.29. The zero-order valence-electron chi connectivity index (χ0n) is 19.3. The third-order valence-corrected chi connectivity index (χ3v) is 6.74. The van der Waals surface area contributed by atoms with E-state index in [0.29, 0.717) is 29.8 Å². The maximum atomic E-state index is 13.0. The van der Waals surface area contributed by atoms with E-state index < -0.39 is 0 Å². The van der Waals surface area contributed by atoms with Crippen molar-refractivity contribution < 1.29 is 9.53 Å². The van der Waals surface area contributed by atoms with Gasteiger partial charge in [0.1, 0.15) is 11.6 Å². The summed E-state index contributed by atoms with van der Waals surface area (Å²) >= 11 is 1.40. The van der Waals surface area contributed by atoms with Crippen molar-refractivity contribution in [3.8, 4) is 22.8 Å². The molecule has 10 heteroatoms. The maximum absolute atomic E-state index is 13.0. The van der Waals surface area contributed by atoms with E-state index in [-0.39, 0.29) is 5.91 Å². The molecule has 2 aromatic carbocycles. The molecule has 0 radical (unpaired) electrons. The lowest BCUT2D eigenvalue weighted by molar-refractivity contribution is -0.128. The van der Waals surface area contributed by atoms with Gasteiger partial charge in [-0.05, 0) is 36.4 Å². The summed E-state index contributed by atoms with van der Waals surface area (Å²) in [7, 11) is 1.64. The number of carbonyl (C=O) groups excluding carboxylic acids is 1. The molecule has 0 N–H and O–H groups in total. The first-order chi connectivity index (χ1) is 17.2. The molecule has 1 aliphatic rings. The first kappa shape index (κ1) is 22.9. The average Bonchev–Trinajstić information content (AvgIpc) is 3.37. The number of piperazine rings is 1. The van der Waals surface area contributed by atoms with Crippen LogP contribution in [0.2, 0.25) is 0 Å². The van der Waals surface area contributed by atoms with Gasteiger partial charge in [0, 0.05) is 49.8 Å². The van der Waals surface area contributed by atoms with Crippen LogP contribution in [0.1, 0.15) is 0 Å². The highest BCUT2D eigenvalue weighted by molar-refractivity contribution is 7.99. The molecule has 3 heterocycles. The Morgan fingerprint density at radius 3 is 2.43 bits per heavy atom. The second-order valence-electron chi connectivity index (χ2n) is 7.93. The lowest BCUT2D eigenvalue weighted by Gasteiger charge is -2.35. The van der Waals surface area contributed by atoms with E-state index in [0.717, 1.165) is 35.9 Å². The van der Waals surface area contributed by atoms with Crippen LogP contribution >= 0.6 is 11.8 Å². The van der Waals surface area contributed by atoms with E-state index in [1.807, 2.05) is 64.1 Å². The van der Waals surface area contributed by atoms with Crippen molar-refractivity contribution in [1.82, 2.24) is 29.6 Å². The predicted octanol–water partition coefficient (Wildman–Crippen LogP) is 3.17. The van der Waals surface area contributed by atoms with Crippen molar-refractivity contribution in [1.29, 1.82) is 0 Å². The summed E-state index contributed by atoms with van der Waals surface area (Å²) in [6, 6.07) is 17.6. The summed E-state index contributed by atoms with van der Waals surface area (Å²) in [4.78, 5) is 25.5. The summed E-state index contributed by atoms with van der Waals surface area (Å²) in [5, 5.41) is 9.56. The van der Waals surface area contributed by atoms with Gasteiger partial charge in [-0.3, -0.25) is 14.3 Å². The lowest BCUT2D eigenvalue weighted by Crippen LogP contribution is -2.49. The third kappa shape index (κ3) is 5.12. The number of benzene rings is 2. The number of nitrogens with zero attached hydrogens (tertiary/aromatic N) is 7. The molecule has 0 spiro atoms. The van der Waals surface area contributed by atoms with Crippen LogP contribution in [-0.2, 0) is 4.79 Å². The van der Waals surface area contributed by atoms with Crippen molar-refractivity contribution >= 4 is 23.5 Å². The molecule has 0 bridgehead atoms. The van der Waals surface area contributed by atoms with Crippen molar-refractivity contribution in [3.05, 3.63) is 73.2 Å². The summed E-state index contributed by atoms with van der Waals surface area (Å²) in [5.74, 6) is 2.71. The summed E-state index contributed by atoms with van der Waals surface area (Å²) in [5.41, 5.74) is 1.86. The highest BCUT2D eigenvalue weighted by Gasteiger charge is 2.23. The molecular formula is C25H25N7O2S. The molecule has 0 saturated carbocycles. The molecule has 1 fully saturated rings. The Morgan fingerprint density at radius 2 is 1.74 bits per heavy atom. The van der Waals surface area contributed by atoms with Crippen LogP contribution in [0.5, 0.6) is 5.75 Å². The minimum Gasteiger partial charge on any atom is -0.497 e. The van der Waals surface area contributed by atoms with Crippen molar-refractivity contribution in [2.75, 3.05) is 43.9 Å². The number of methoxy groups -OCH3 is 1. The minimum absolute atomic E-state index is 0.0856. The number of hydrogen-bond donors (Lipinski definition) is 0. The molecule has 178 valence electrons. The molecule has 9 nitrogen and oxygen atoms in total. The number of ether oxygens (including phenoxy) is 1. The normalized spacial score (nSPS) is 13.6. The van der Waals surface area contributed by atoms with Gasteiger partial charge in [-0.25, -0.2) is 4.98 Å². The largest absolute Gasteiger partial charge is 0.497 e. The summed E-state index contributed by atoms with van der Waals surface area (Å²) in [6.45, 7) is 2.77. The fourth-order valence-electron chi connectivity index (χ4n) is 3.96. The molecule has 1 saturated heterocycles. The predicted molar refractivity (Wildman–Crippen MR) is 135 cm³/mol. The Morgan fingerprint density at radius 1 is 0.971 bits per heavy atom. The highest BCUT2D eigenvalue weighted by atomic mass is 32.2. The second kappa shape index (κ2) is 10.6. The average molecular weight is 488 g/mol. The van der Waals surface area contributed by atoms with Gasteiger partial charge < -0.3 is 14.5 Å². The SMILES string of the molecule is COc1ccc(-c2nnc(SCC(=O)N3CCN(c4cnccn4)CC3)n2-c2ccccc2)cc1.